The van der Waals surface area contributed by atoms with Gasteiger partial charge in [-0.15, -0.1) is 0 Å². The second-order valence-electron chi connectivity index (χ2n) is 3.74. The Morgan fingerprint density at radius 1 is 1.50 bits per heavy atom. The van der Waals surface area contributed by atoms with Gasteiger partial charge in [0.05, 0.1) is 10.6 Å². The average Bonchev–Trinajstić information content (AvgIpc) is 2.17. The number of hydrogen-bond donors (Lipinski definition) is 2. The van der Waals surface area contributed by atoms with E-state index in [1.165, 1.54) is 32.3 Å². The minimum Gasteiger partial charge on any atom is -0.480 e. The van der Waals surface area contributed by atoms with Crippen LogP contribution in [0.5, 0.6) is 0 Å². The molecule has 1 rings (SSSR count). The number of carboxylic acid groups (broad SMARTS) is 1. The molecule has 0 aliphatic heterocycles. The van der Waals surface area contributed by atoms with Crippen LogP contribution in [0.1, 0.15) is 24.2 Å². The topological polar surface area (TPSA) is 79.3 Å². The molecular weight excluding hydrogens is 232 g/mol. The Kier molecular flexibility index (Phi) is 3.49. The Morgan fingerprint density at radius 2 is 2.12 bits per heavy atom. The van der Waals surface area contributed by atoms with Crippen LogP contribution in [0.25, 0.3) is 0 Å². The number of aliphatic carboxylic acids is 1. The molecule has 1 amide bonds. The molecule has 5 nitrogen and oxygen atoms in total. The molecule has 0 bridgehead atoms. The smallest absolute Gasteiger partial charge is 0.328 e. The zero-order valence-electron chi connectivity index (χ0n) is 8.82. The lowest BCUT2D eigenvalue weighted by molar-refractivity contribution is -0.143. The van der Waals surface area contributed by atoms with Gasteiger partial charge in [0.15, 0.2) is 0 Å². The van der Waals surface area contributed by atoms with E-state index in [0.717, 1.165) is 0 Å². The van der Waals surface area contributed by atoms with E-state index in [2.05, 4.69) is 10.3 Å². The van der Waals surface area contributed by atoms with Crippen molar-refractivity contribution in [2.75, 3.05) is 0 Å². The lowest BCUT2D eigenvalue weighted by Crippen LogP contribution is -2.49. The van der Waals surface area contributed by atoms with E-state index in [9.17, 15) is 9.59 Å². The van der Waals surface area contributed by atoms with Crippen molar-refractivity contribution in [1.82, 2.24) is 10.3 Å². The number of amides is 1. The van der Waals surface area contributed by atoms with Crippen molar-refractivity contribution in [3.05, 3.63) is 29.0 Å². The SMILES string of the molecule is CC(C)(NC(=O)c1cnccc1Cl)C(=O)O. The first-order valence-corrected chi connectivity index (χ1v) is 4.88. The number of rotatable bonds is 3. The Balaban J connectivity index is 2.89. The third-order valence-corrected chi connectivity index (χ3v) is 2.30. The summed E-state index contributed by atoms with van der Waals surface area (Å²) in [4.78, 5) is 26.2. The normalized spacial score (nSPS) is 10.9. The fourth-order valence-electron chi connectivity index (χ4n) is 0.949. The number of hydrogen-bond acceptors (Lipinski definition) is 3. The number of carbonyl (C=O) groups is 2. The highest BCUT2D eigenvalue weighted by molar-refractivity contribution is 6.33. The molecule has 86 valence electrons. The van der Waals surface area contributed by atoms with E-state index < -0.39 is 17.4 Å². The summed E-state index contributed by atoms with van der Waals surface area (Å²) in [7, 11) is 0. The maximum Gasteiger partial charge on any atom is 0.328 e. The Morgan fingerprint density at radius 3 is 2.62 bits per heavy atom. The number of halogens is 1. The van der Waals surface area contributed by atoms with Gasteiger partial charge < -0.3 is 10.4 Å². The zero-order chi connectivity index (χ0) is 12.3. The average molecular weight is 243 g/mol. The zero-order valence-corrected chi connectivity index (χ0v) is 9.58. The molecule has 0 aliphatic carbocycles. The van der Waals surface area contributed by atoms with Gasteiger partial charge in [-0.2, -0.15) is 0 Å². The van der Waals surface area contributed by atoms with Crippen LogP contribution in [-0.4, -0.2) is 27.5 Å². The lowest BCUT2D eigenvalue weighted by Gasteiger charge is -2.21. The van der Waals surface area contributed by atoms with Gasteiger partial charge in [-0.3, -0.25) is 9.78 Å². The largest absolute Gasteiger partial charge is 0.480 e. The molecule has 1 aromatic heterocycles. The van der Waals surface area contributed by atoms with Gasteiger partial charge in [0, 0.05) is 12.4 Å². The van der Waals surface area contributed by atoms with Gasteiger partial charge in [0.2, 0.25) is 0 Å². The molecule has 1 aromatic rings. The number of carboxylic acids is 1. The molecular formula is C10H11ClN2O3. The van der Waals surface area contributed by atoms with Crippen LogP contribution in [0, 0.1) is 0 Å². The predicted molar refractivity (Wildman–Crippen MR) is 58.4 cm³/mol. The maximum atomic E-state index is 11.7. The van der Waals surface area contributed by atoms with Gasteiger partial charge in [-0.05, 0) is 19.9 Å². The molecule has 6 heteroatoms. The van der Waals surface area contributed by atoms with Crippen molar-refractivity contribution in [3.63, 3.8) is 0 Å². The first kappa shape index (κ1) is 12.4. The number of carbonyl (C=O) groups excluding carboxylic acids is 1. The minimum atomic E-state index is -1.35. The predicted octanol–water partition coefficient (Wildman–Crippen LogP) is 1.33. The quantitative estimate of drug-likeness (QED) is 0.838. The van der Waals surface area contributed by atoms with Crippen LogP contribution in [-0.2, 0) is 4.79 Å². The van der Waals surface area contributed by atoms with Crippen molar-refractivity contribution in [2.24, 2.45) is 0 Å². The van der Waals surface area contributed by atoms with Gasteiger partial charge in [-0.25, -0.2) is 4.79 Å². The highest BCUT2D eigenvalue weighted by atomic mass is 35.5. The summed E-state index contributed by atoms with van der Waals surface area (Å²) in [6, 6.07) is 1.46. The molecule has 0 radical (unpaired) electrons. The van der Waals surface area contributed by atoms with Crippen LogP contribution < -0.4 is 5.32 Å². The molecule has 0 atom stereocenters. The third-order valence-electron chi connectivity index (χ3n) is 1.97. The number of nitrogens with zero attached hydrogens (tertiary/aromatic N) is 1. The summed E-state index contributed by atoms with van der Waals surface area (Å²) in [5.74, 6) is -1.69. The third kappa shape index (κ3) is 2.70. The first-order valence-electron chi connectivity index (χ1n) is 4.50. The van der Waals surface area contributed by atoms with Gasteiger partial charge in [0.1, 0.15) is 5.54 Å². The molecule has 0 saturated carbocycles. The number of aromatic nitrogens is 1. The molecule has 0 aliphatic rings. The van der Waals surface area contributed by atoms with Crippen LogP contribution >= 0.6 is 11.6 Å². The summed E-state index contributed by atoms with van der Waals surface area (Å²) in [5.41, 5.74) is -1.20. The van der Waals surface area contributed by atoms with Crippen LogP contribution in [0.15, 0.2) is 18.5 Å². The fraction of sp³-hybridized carbons (Fsp3) is 0.300. The van der Waals surface area contributed by atoms with E-state index in [-0.39, 0.29) is 10.6 Å². The van der Waals surface area contributed by atoms with Crippen LogP contribution in [0.2, 0.25) is 5.02 Å². The van der Waals surface area contributed by atoms with Crippen molar-refractivity contribution >= 4 is 23.5 Å². The molecule has 0 unspecified atom stereocenters. The highest BCUT2D eigenvalue weighted by Gasteiger charge is 2.29. The van der Waals surface area contributed by atoms with Crippen molar-refractivity contribution in [2.45, 2.75) is 19.4 Å². The van der Waals surface area contributed by atoms with Crippen LogP contribution in [0.4, 0.5) is 0 Å². The highest BCUT2D eigenvalue weighted by Crippen LogP contribution is 2.14. The second kappa shape index (κ2) is 4.49. The molecule has 2 N–H and O–H groups in total. The molecule has 1 heterocycles. The van der Waals surface area contributed by atoms with E-state index in [1.54, 1.807) is 0 Å². The first-order chi connectivity index (χ1) is 7.34. The summed E-state index contributed by atoms with van der Waals surface area (Å²) >= 11 is 5.78. The van der Waals surface area contributed by atoms with Crippen LogP contribution in [0.3, 0.4) is 0 Å². The molecule has 0 aromatic carbocycles. The Bertz CT molecular complexity index is 432. The summed E-state index contributed by atoms with van der Waals surface area (Å²) in [6.45, 7) is 2.77. The molecule has 0 spiro atoms. The van der Waals surface area contributed by atoms with E-state index in [4.69, 9.17) is 16.7 Å². The summed E-state index contributed by atoms with van der Waals surface area (Å²) < 4.78 is 0. The molecule has 16 heavy (non-hydrogen) atoms. The van der Waals surface area contributed by atoms with Gasteiger partial charge in [0.25, 0.3) is 5.91 Å². The standard InChI is InChI=1S/C10H11ClN2O3/c1-10(2,9(15)16)13-8(14)6-5-12-4-3-7(6)11/h3-5H,1-2H3,(H,13,14)(H,15,16). The number of pyridine rings is 1. The van der Waals surface area contributed by atoms with Crippen molar-refractivity contribution in [3.8, 4) is 0 Å². The summed E-state index contributed by atoms with van der Waals surface area (Å²) in [6.07, 6.45) is 2.73. The minimum absolute atomic E-state index is 0.151. The second-order valence-corrected chi connectivity index (χ2v) is 4.15. The molecule has 0 saturated heterocycles. The Labute approximate surface area is 97.4 Å². The maximum absolute atomic E-state index is 11.7. The van der Waals surface area contributed by atoms with E-state index in [1.807, 2.05) is 0 Å². The van der Waals surface area contributed by atoms with E-state index >= 15 is 0 Å². The lowest BCUT2D eigenvalue weighted by atomic mass is 10.1. The molecule has 0 fully saturated rings. The van der Waals surface area contributed by atoms with Gasteiger partial charge in [-0.1, -0.05) is 11.6 Å². The Hall–Kier alpha value is -1.62. The van der Waals surface area contributed by atoms with Crippen molar-refractivity contribution < 1.29 is 14.7 Å². The van der Waals surface area contributed by atoms with E-state index in [0.29, 0.717) is 0 Å². The van der Waals surface area contributed by atoms with Crippen molar-refractivity contribution in [1.29, 1.82) is 0 Å². The number of nitrogens with one attached hydrogen (secondary N) is 1. The monoisotopic (exact) mass is 242 g/mol. The van der Waals surface area contributed by atoms with Gasteiger partial charge >= 0.3 is 5.97 Å². The summed E-state index contributed by atoms with van der Waals surface area (Å²) in [5, 5.41) is 11.4. The fourth-order valence-corrected chi connectivity index (χ4v) is 1.14.